The standard InChI is InChI=1S/C12H12O3/c1-4-11(13)15-12(14)10-7-5-6-8(2)9(10)3/h4-7H,1H2,2-3H3. The van der Waals surface area contributed by atoms with Crippen LogP contribution in [0.5, 0.6) is 0 Å². The second-order valence-corrected chi connectivity index (χ2v) is 3.16. The van der Waals surface area contributed by atoms with Gasteiger partial charge in [0.1, 0.15) is 0 Å². The molecule has 78 valence electrons. The fraction of sp³-hybridized carbons (Fsp3) is 0.167. The van der Waals surface area contributed by atoms with Gasteiger partial charge in [-0.25, -0.2) is 9.59 Å². The summed E-state index contributed by atoms with van der Waals surface area (Å²) in [6, 6.07) is 5.26. The third kappa shape index (κ3) is 2.53. The van der Waals surface area contributed by atoms with Crippen LogP contribution in [0.1, 0.15) is 21.5 Å². The SMILES string of the molecule is C=CC(=O)OC(=O)c1cccc(C)c1C. The zero-order valence-electron chi connectivity index (χ0n) is 8.74. The van der Waals surface area contributed by atoms with Crippen molar-refractivity contribution in [3.8, 4) is 0 Å². The lowest BCUT2D eigenvalue weighted by molar-refractivity contribution is -0.132. The van der Waals surface area contributed by atoms with E-state index in [4.69, 9.17) is 0 Å². The monoisotopic (exact) mass is 204 g/mol. The van der Waals surface area contributed by atoms with Crippen LogP contribution >= 0.6 is 0 Å². The van der Waals surface area contributed by atoms with Crippen LogP contribution in [-0.2, 0) is 9.53 Å². The van der Waals surface area contributed by atoms with Gasteiger partial charge in [-0.1, -0.05) is 18.7 Å². The Labute approximate surface area is 88.4 Å². The molecule has 3 heteroatoms. The van der Waals surface area contributed by atoms with Crippen LogP contribution in [0.4, 0.5) is 0 Å². The number of hydrogen-bond acceptors (Lipinski definition) is 3. The first-order valence-electron chi connectivity index (χ1n) is 4.51. The molecule has 0 fully saturated rings. The molecule has 15 heavy (non-hydrogen) atoms. The van der Waals surface area contributed by atoms with Crippen molar-refractivity contribution in [2.24, 2.45) is 0 Å². The molecule has 1 rings (SSSR count). The van der Waals surface area contributed by atoms with Crippen molar-refractivity contribution in [3.05, 3.63) is 47.5 Å². The minimum Gasteiger partial charge on any atom is -0.386 e. The molecular formula is C12H12O3. The number of hydrogen-bond donors (Lipinski definition) is 0. The molecule has 0 atom stereocenters. The second kappa shape index (κ2) is 4.55. The predicted molar refractivity (Wildman–Crippen MR) is 56.5 cm³/mol. The highest BCUT2D eigenvalue weighted by atomic mass is 16.6. The van der Waals surface area contributed by atoms with Crippen LogP contribution in [0.15, 0.2) is 30.9 Å². The summed E-state index contributed by atoms with van der Waals surface area (Å²) in [6.07, 6.45) is 0.961. The van der Waals surface area contributed by atoms with Crippen LogP contribution in [0, 0.1) is 13.8 Å². The van der Waals surface area contributed by atoms with Crippen molar-refractivity contribution < 1.29 is 14.3 Å². The van der Waals surface area contributed by atoms with Crippen LogP contribution in [-0.4, -0.2) is 11.9 Å². The minimum absolute atomic E-state index is 0.408. The molecule has 3 nitrogen and oxygen atoms in total. The van der Waals surface area contributed by atoms with Gasteiger partial charge >= 0.3 is 11.9 Å². The van der Waals surface area contributed by atoms with E-state index in [-0.39, 0.29) is 0 Å². The van der Waals surface area contributed by atoms with Crippen LogP contribution in [0.25, 0.3) is 0 Å². The Morgan fingerprint density at radius 2 is 2.00 bits per heavy atom. The summed E-state index contributed by atoms with van der Waals surface area (Å²) in [5.74, 6) is -1.37. The van der Waals surface area contributed by atoms with E-state index < -0.39 is 11.9 Å². The molecule has 0 heterocycles. The maximum absolute atomic E-state index is 11.5. The Morgan fingerprint density at radius 3 is 2.60 bits per heavy atom. The largest absolute Gasteiger partial charge is 0.386 e. The van der Waals surface area contributed by atoms with Gasteiger partial charge in [0, 0.05) is 6.08 Å². The third-order valence-electron chi connectivity index (χ3n) is 2.18. The molecule has 0 unspecified atom stereocenters. The van der Waals surface area contributed by atoms with Crippen LogP contribution in [0.2, 0.25) is 0 Å². The quantitative estimate of drug-likeness (QED) is 0.421. The molecule has 1 aromatic carbocycles. The van der Waals surface area contributed by atoms with Gasteiger partial charge in [0.25, 0.3) is 0 Å². The maximum Gasteiger partial charge on any atom is 0.346 e. The Hall–Kier alpha value is -1.90. The Balaban J connectivity index is 2.96. The van der Waals surface area contributed by atoms with E-state index in [0.29, 0.717) is 5.56 Å². The molecular weight excluding hydrogens is 192 g/mol. The highest BCUT2D eigenvalue weighted by Crippen LogP contribution is 2.13. The van der Waals surface area contributed by atoms with Gasteiger partial charge in [-0.2, -0.15) is 0 Å². The zero-order valence-corrected chi connectivity index (χ0v) is 8.74. The van der Waals surface area contributed by atoms with Crippen molar-refractivity contribution in [1.29, 1.82) is 0 Å². The number of carbonyl (C=O) groups is 2. The Bertz CT molecular complexity index is 419. The van der Waals surface area contributed by atoms with Gasteiger partial charge in [-0.05, 0) is 31.0 Å². The highest BCUT2D eigenvalue weighted by Gasteiger charge is 2.13. The molecule has 0 saturated heterocycles. The van der Waals surface area contributed by atoms with Crippen molar-refractivity contribution in [2.75, 3.05) is 0 Å². The fourth-order valence-electron chi connectivity index (χ4n) is 1.16. The number of carbonyl (C=O) groups excluding carboxylic acids is 2. The van der Waals surface area contributed by atoms with E-state index in [2.05, 4.69) is 11.3 Å². The van der Waals surface area contributed by atoms with Crippen molar-refractivity contribution >= 4 is 11.9 Å². The molecule has 0 spiro atoms. The molecule has 0 bridgehead atoms. The molecule has 0 aliphatic heterocycles. The first kappa shape index (κ1) is 11.2. The smallest absolute Gasteiger partial charge is 0.346 e. The van der Waals surface area contributed by atoms with E-state index in [0.717, 1.165) is 17.2 Å². The molecule has 0 amide bonds. The predicted octanol–water partition coefficient (Wildman–Crippen LogP) is 2.17. The summed E-state index contributed by atoms with van der Waals surface area (Å²) in [5.41, 5.74) is 2.21. The first-order chi connectivity index (χ1) is 7.06. The average Bonchev–Trinajstić information content (AvgIpc) is 2.21. The Morgan fingerprint density at radius 1 is 1.33 bits per heavy atom. The first-order valence-corrected chi connectivity index (χ1v) is 4.51. The number of rotatable bonds is 2. The summed E-state index contributed by atoms with van der Waals surface area (Å²) < 4.78 is 4.53. The van der Waals surface area contributed by atoms with Crippen LogP contribution in [0.3, 0.4) is 0 Å². The van der Waals surface area contributed by atoms with E-state index in [9.17, 15) is 9.59 Å². The maximum atomic E-state index is 11.5. The molecule has 0 radical (unpaired) electrons. The lowest BCUT2D eigenvalue weighted by Gasteiger charge is -2.06. The molecule has 0 aliphatic rings. The normalized spacial score (nSPS) is 9.47. The molecule has 0 aromatic heterocycles. The number of benzene rings is 1. The lowest BCUT2D eigenvalue weighted by Crippen LogP contribution is -2.11. The van der Waals surface area contributed by atoms with Crippen molar-refractivity contribution in [2.45, 2.75) is 13.8 Å². The van der Waals surface area contributed by atoms with Gasteiger partial charge < -0.3 is 4.74 Å². The summed E-state index contributed by atoms with van der Waals surface area (Å²) in [4.78, 5) is 22.3. The number of aryl methyl sites for hydroxylation is 1. The van der Waals surface area contributed by atoms with E-state index in [1.54, 1.807) is 12.1 Å². The van der Waals surface area contributed by atoms with Gasteiger partial charge in [-0.3, -0.25) is 0 Å². The number of esters is 2. The van der Waals surface area contributed by atoms with E-state index in [1.807, 2.05) is 19.9 Å². The third-order valence-corrected chi connectivity index (χ3v) is 2.18. The highest BCUT2D eigenvalue weighted by molar-refractivity contribution is 6.00. The Kier molecular flexibility index (Phi) is 3.39. The van der Waals surface area contributed by atoms with E-state index >= 15 is 0 Å². The van der Waals surface area contributed by atoms with Crippen molar-refractivity contribution in [3.63, 3.8) is 0 Å². The second-order valence-electron chi connectivity index (χ2n) is 3.16. The average molecular weight is 204 g/mol. The topological polar surface area (TPSA) is 43.4 Å². The molecule has 0 saturated carbocycles. The minimum atomic E-state index is -0.735. The summed E-state index contributed by atoms with van der Waals surface area (Å²) >= 11 is 0. The summed E-state index contributed by atoms with van der Waals surface area (Å²) in [5, 5.41) is 0. The van der Waals surface area contributed by atoms with Gasteiger partial charge in [0.15, 0.2) is 0 Å². The molecule has 0 N–H and O–H groups in total. The summed E-state index contributed by atoms with van der Waals surface area (Å²) in [6.45, 7) is 6.92. The zero-order chi connectivity index (χ0) is 11.4. The number of ether oxygens (including phenoxy) is 1. The fourth-order valence-corrected chi connectivity index (χ4v) is 1.16. The van der Waals surface area contributed by atoms with Gasteiger partial charge in [0.2, 0.25) is 0 Å². The van der Waals surface area contributed by atoms with Crippen molar-refractivity contribution in [1.82, 2.24) is 0 Å². The van der Waals surface area contributed by atoms with E-state index in [1.165, 1.54) is 0 Å². The van der Waals surface area contributed by atoms with Gasteiger partial charge in [-0.15, -0.1) is 0 Å². The lowest BCUT2D eigenvalue weighted by atomic mass is 10.0. The van der Waals surface area contributed by atoms with Gasteiger partial charge in [0.05, 0.1) is 5.56 Å². The van der Waals surface area contributed by atoms with Crippen LogP contribution < -0.4 is 0 Å². The molecule has 1 aromatic rings. The molecule has 0 aliphatic carbocycles. The summed E-state index contributed by atoms with van der Waals surface area (Å²) in [7, 11) is 0.